The fourth-order valence-corrected chi connectivity index (χ4v) is 5.59. The lowest BCUT2D eigenvalue weighted by atomic mass is 10.0. The second-order valence-corrected chi connectivity index (χ2v) is 12.7. The van der Waals surface area contributed by atoms with Gasteiger partial charge in [0.25, 0.3) is 0 Å². The Hall–Kier alpha value is -5.22. The number of hydrogen-bond acceptors (Lipinski definition) is 7. The van der Waals surface area contributed by atoms with Gasteiger partial charge in [-0.25, -0.2) is 18.4 Å². The summed E-state index contributed by atoms with van der Waals surface area (Å²) >= 11 is 0. The molecule has 0 aliphatic carbocycles. The number of carbonyl (C=O) groups is 2. The van der Waals surface area contributed by atoms with Gasteiger partial charge in [0.05, 0.1) is 26.4 Å². The molecule has 0 saturated carbocycles. The molecule has 58 heavy (non-hydrogen) atoms. The first-order valence-corrected chi connectivity index (χ1v) is 18.2. The van der Waals surface area contributed by atoms with E-state index in [-0.39, 0.29) is 30.2 Å². The maximum absolute atomic E-state index is 15.3. The van der Waals surface area contributed by atoms with Crippen molar-refractivity contribution in [3.63, 3.8) is 0 Å². The van der Waals surface area contributed by atoms with Crippen LogP contribution in [0.5, 0.6) is 17.2 Å². The number of rotatable bonds is 24. The highest BCUT2D eigenvalue weighted by Crippen LogP contribution is 2.51. The number of ether oxygens (including phenoxy) is 5. The molecule has 0 N–H and O–H groups in total. The summed E-state index contributed by atoms with van der Waals surface area (Å²) in [6.45, 7) is 6.77. The third kappa shape index (κ3) is 14.6. The van der Waals surface area contributed by atoms with Crippen LogP contribution in [-0.2, 0) is 37.5 Å². The van der Waals surface area contributed by atoms with Gasteiger partial charge in [-0.3, -0.25) is 0 Å². The Bertz CT molecular complexity index is 1800. The fraction of sp³-hybridized carbons (Fsp3) is 0.415. The highest BCUT2D eigenvalue weighted by Gasteiger charge is 2.50. The zero-order chi connectivity index (χ0) is 42.9. The first-order valence-electron chi connectivity index (χ1n) is 18.2. The Morgan fingerprint density at radius 2 is 0.931 bits per heavy atom. The number of unbranched alkanes of at least 4 members (excludes halogenated alkanes) is 8. The molecule has 0 unspecified atom stereocenters. The minimum Gasteiger partial charge on any atom is -0.494 e. The summed E-state index contributed by atoms with van der Waals surface area (Å²) in [5.74, 6) is -7.98. The topological polar surface area (TPSA) is 80.3 Å². The maximum Gasteiger partial charge on any atom is 0.432 e. The van der Waals surface area contributed by atoms with Gasteiger partial charge in [0.15, 0.2) is 0 Å². The summed E-state index contributed by atoms with van der Waals surface area (Å²) in [6, 6.07) is 7.17. The van der Waals surface area contributed by atoms with E-state index in [0.29, 0.717) is 56.4 Å². The Morgan fingerprint density at radius 1 is 0.517 bits per heavy atom. The second-order valence-electron chi connectivity index (χ2n) is 12.7. The second kappa shape index (κ2) is 22.1. The SMILES string of the molecule is C=CC(=O)OCCCCCCCCOc1ccc(-c2cc(F)c(C(F)(F)Oc3ccc(OCCCCCCOC(=O)C=C)c(C(F)(F)F)c3C(F)(F)F)c(F)c2)cc1. The molecule has 0 heterocycles. The van der Waals surface area contributed by atoms with Gasteiger partial charge in [0.1, 0.15) is 45.6 Å². The third-order valence-electron chi connectivity index (χ3n) is 8.38. The van der Waals surface area contributed by atoms with Crippen molar-refractivity contribution >= 4 is 11.9 Å². The van der Waals surface area contributed by atoms with Gasteiger partial charge in [-0.15, -0.1) is 0 Å². The Morgan fingerprint density at radius 3 is 1.40 bits per heavy atom. The molecule has 0 radical (unpaired) electrons. The van der Waals surface area contributed by atoms with Crippen LogP contribution in [0.2, 0.25) is 0 Å². The first kappa shape index (κ1) is 47.2. The fourth-order valence-electron chi connectivity index (χ4n) is 5.59. The molecule has 0 atom stereocenters. The van der Waals surface area contributed by atoms with Crippen molar-refractivity contribution in [3.8, 4) is 28.4 Å². The monoisotopic (exact) mass is 836 g/mol. The molecule has 0 saturated heterocycles. The van der Waals surface area contributed by atoms with Crippen LogP contribution in [0.3, 0.4) is 0 Å². The van der Waals surface area contributed by atoms with Gasteiger partial charge in [0.2, 0.25) is 0 Å². The molecule has 0 fully saturated rings. The van der Waals surface area contributed by atoms with Crippen molar-refractivity contribution in [2.75, 3.05) is 26.4 Å². The zero-order valence-corrected chi connectivity index (χ0v) is 31.2. The molecule has 3 aromatic rings. The van der Waals surface area contributed by atoms with E-state index < -0.39 is 76.8 Å². The van der Waals surface area contributed by atoms with Gasteiger partial charge in [-0.1, -0.05) is 51.0 Å². The van der Waals surface area contributed by atoms with Crippen LogP contribution in [0.15, 0.2) is 73.8 Å². The number of halogens is 10. The van der Waals surface area contributed by atoms with Crippen molar-refractivity contribution in [2.45, 2.75) is 82.7 Å². The van der Waals surface area contributed by atoms with E-state index in [1.165, 1.54) is 24.3 Å². The normalized spacial score (nSPS) is 11.8. The Kier molecular flexibility index (Phi) is 17.9. The summed E-state index contributed by atoms with van der Waals surface area (Å²) in [5, 5.41) is 0. The molecule has 0 bridgehead atoms. The van der Waals surface area contributed by atoms with E-state index in [2.05, 4.69) is 17.9 Å². The molecule has 0 aliphatic heterocycles. The summed E-state index contributed by atoms with van der Waals surface area (Å²) in [5.41, 5.74) is -7.37. The number of benzene rings is 3. The Labute approximate surface area is 328 Å². The van der Waals surface area contributed by atoms with Crippen molar-refractivity contribution in [1.29, 1.82) is 0 Å². The molecule has 0 amide bonds. The predicted octanol–water partition coefficient (Wildman–Crippen LogP) is 11.9. The molecule has 0 aliphatic rings. The number of alkyl halides is 8. The van der Waals surface area contributed by atoms with E-state index in [1.807, 2.05) is 0 Å². The van der Waals surface area contributed by atoms with Crippen LogP contribution in [0.1, 0.15) is 80.9 Å². The molecular formula is C41H42F10O7. The van der Waals surface area contributed by atoms with E-state index in [0.717, 1.165) is 50.7 Å². The molecule has 7 nitrogen and oxygen atoms in total. The van der Waals surface area contributed by atoms with Crippen LogP contribution in [-0.4, -0.2) is 38.4 Å². The molecule has 318 valence electrons. The maximum atomic E-state index is 15.3. The van der Waals surface area contributed by atoms with Crippen LogP contribution in [0, 0.1) is 11.6 Å². The molecule has 0 spiro atoms. The largest absolute Gasteiger partial charge is 0.494 e. The molecule has 3 rings (SSSR count). The quantitative estimate of drug-likeness (QED) is 0.0385. The number of esters is 2. The van der Waals surface area contributed by atoms with Crippen molar-refractivity contribution in [3.05, 3.63) is 102 Å². The van der Waals surface area contributed by atoms with E-state index in [1.54, 1.807) is 0 Å². The molecular weight excluding hydrogens is 794 g/mol. The Balaban J connectivity index is 1.67. The van der Waals surface area contributed by atoms with Gasteiger partial charge >= 0.3 is 30.4 Å². The van der Waals surface area contributed by atoms with Crippen molar-refractivity contribution in [1.82, 2.24) is 0 Å². The van der Waals surface area contributed by atoms with Gasteiger partial charge < -0.3 is 23.7 Å². The molecule has 3 aromatic carbocycles. The van der Waals surface area contributed by atoms with Crippen LogP contribution in [0.25, 0.3) is 11.1 Å². The van der Waals surface area contributed by atoms with Crippen LogP contribution >= 0.6 is 0 Å². The van der Waals surface area contributed by atoms with E-state index in [4.69, 9.17) is 18.9 Å². The first-order chi connectivity index (χ1) is 27.4. The van der Waals surface area contributed by atoms with E-state index in [9.17, 15) is 35.9 Å². The van der Waals surface area contributed by atoms with Crippen LogP contribution < -0.4 is 14.2 Å². The van der Waals surface area contributed by atoms with Crippen molar-refractivity contribution < 1.29 is 77.2 Å². The third-order valence-corrected chi connectivity index (χ3v) is 8.38. The summed E-state index contributed by atoms with van der Waals surface area (Å²) in [7, 11) is 0. The molecule has 0 aromatic heterocycles. The minimum absolute atomic E-state index is 0.0391. The van der Waals surface area contributed by atoms with Gasteiger partial charge in [-0.2, -0.15) is 35.1 Å². The zero-order valence-electron chi connectivity index (χ0n) is 31.2. The average Bonchev–Trinajstić information content (AvgIpc) is 3.15. The average molecular weight is 837 g/mol. The minimum atomic E-state index is -5.94. The number of carbonyl (C=O) groups excluding carboxylic acids is 2. The molecule has 17 heteroatoms. The van der Waals surface area contributed by atoms with Crippen LogP contribution in [0.4, 0.5) is 43.9 Å². The van der Waals surface area contributed by atoms with Crippen molar-refractivity contribution in [2.24, 2.45) is 0 Å². The highest BCUT2D eigenvalue weighted by molar-refractivity contribution is 5.81. The summed E-state index contributed by atoms with van der Waals surface area (Å²) < 4.78 is 170. The number of hydrogen-bond donors (Lipinski definition) is 0. The summed E-state index contributed by atoms with van der Waals surface area (Å²) in [4.78, 5) is 22.0. The van der Waals surface area contributed by atoms with Gasteiger partial charge in [-0.05, 0) is 86.1 Å². The predicted molar refractivity (Wildman–Crippen MR) is 192 cm³/mol. The lowest BCUT2D eigenvalue weighted by Gasteiger charge is -2.25. The lowest BCUT2D eigenvalue weighted by molar-refractivity contribution is -0.198. The summed E-state index contributed by atoms with van der Waals surface area (Å²) in [6.07, 6.45) is -8.65. The lowest BCUT2D eigenvalue weighted by Crippen LogP contribution is -2.28. The standard InChI is InChI=1S/C41H42F10O7/c1-3-34(52)56-23-13-8-6-5-7-11-21-54-29-17-15-27(16-18-29)28-25-30(42)36(31(43)26-28)41(50,51)58-33-20-19-32(37(39(44,45)46)38(33)40(47,48)49)55-22-12-9-10-14-24-57-35(53)4-2/h3-4,15-20,25-26H,1-2,5-14,21-24H2. The van der Waals surface area contributed by atoms with Gasteiger partial charge in [0, 0.05) is 12.2 Å². The highest BCUT2D eigenvalue weighted by atomic mass is 19.4. The smallest absolute Gasteiger partial charge is 0.432 e. The van der Waals surface area contributed by atoms with E-state index >= 15 is 17.6 Å².